The molecule has 94 valence electrons. The molecule has 1 aromatic carbocycles. The Morgan fingerprint density at radius 3 is 2.53 bits per heavy atom. The smallest absolute Gasteiger partial charge is 0.0368 e. The molecule has 1 aliphatic rings. The first-order valence-electron chi connectivity index (χ1n) is 6.88. The predicted octanol–water partition coefficient (Wildman–Crippen LogP) is 3.03. The van der Waals surface area contributed by atoms with Gasteiger partial charge in [-0.05, 0) is 44.4 Å². The lowest BCUT2D eigenvalue weighted by Crippen LogP contribution is -2.45. The van der Waals surface area contributed by atoms with Gasteiger partial charge in [0, 0.05) is 18.3 Å². The molecule has 1 aromatic rings. The third-order valence-electron chi connectivity index (χ3n) is 4.00. The normalized spacial score (nSPS) is 24.6. The molecule has 1 fully saturated rings. The van der Waals surface area contributed by atoms with Gasteiger partial charge in [-0.3, -0.25) is 0 Å². The molecule has 0 aromatic heterocycles. The molecule has 17 heavy (non-hydrogen) atoms. The first kappa shape index (κ1) is 12.4. The van der Waals surface area contributed by atoms with E-state index >= 15 is 0 Å². The van der Waals surface area contributed by atoms with Gasteiger partial charge in [0.05, 0.1) is 0 Å². The van der Waals surface area contributed by atoms with Crippen molar-refractivity contribution in [3.8, 4) is 0 Å². The third kappa shape index (κ3) is 2.81. The second-order valence-electron chi connectivity index (χ2n) is 4.97. The number of nitrogens with zero attached hydrogens (tertiary/aromatic N) is 1. The molecule has 0 saturated heterocycles. The van der Waals surface area contributed by atoms with Crippen molar-refractivity contribution in [2.75, 3.05) is 18.0 Å². The number of hydrogen-bond donors (Lipinski definition) is 1. The number of para-hydroxylation sites is 1. The first-order chi connectivity index (χ1) is 8.36. The second-order valence-corrected chi connectivity index (χ2v) is 4.97. The maximum absolute atomic E-state index is 5.94. The topological polar surface area (TPSA) is 29.3 Å². The number of hydrogen-bond acceptors (Lipinski definition) is 2. The van der Waals surface area contributed by atoms with Crippen molar-refractivity contribution < 1.29 is 0 Å². The quantitative estimate of drug-likeness (QED) is 0.864. The highest BCUT2D eigenvalue weighted by atomic mass is 15.2. The van der Waals surface area contributed by atoms with E-state index in [1.807, 2.05) is 0 Å². The largest absolute Gasteiger partial charge is 0.369 e. The Balaban J connectivity index is 2.16. The van der Waals surface area contributed by atoms with Crippen LogP contribution in [-0.2, 0) is 0 Å². The summed E-state index contributed by atoms with van der Waals surface area (Å²) in [5.74, 6) is 0.670. The van der Waals surface area contributed by atoms with Crippen molar-refractivity contribution in [1.82, 2.24) is 0 Å². The predicted molar refractivity (Wildman–Crippen MR) is 74.3 cm³/mol. The minimum atomic E-state index is 0.640. The van der Waals surface area contributed by atoms with Crippen LogP contribution in [0, 0.1) is 5.92 Å². The van der Waals surface area contributed by atoms with Crippen molar-refractivity contribution >= 4 is 5.69 Å². The number of nitrogens with two attached hydrogens (primary N) is 1. The van der Waals surface area contributed by atoms with E-state index in [0.717, 1.165) is 13.1 Å². The van der Waals surface area contributed by atoms with Gasteiger partial charge in [-0.1, -0.05) is 31.0 Å². The summed E-state index contributed by atoms with van der Waals surface area (Å²) in [5.41, 5.74) is 7.29. The Morgan fingerprint density at radius 2 is 1.88 bits per heavy atom. The number of anilines is 1. The van der Waals surface area contributed by atoms with Crippen LogP contribution in [0.4, 0.5) is 5.69 Å². The molecule has 2 nitrogen and oxygen atoms in total. The molecule has 2 unspecified atom stereocenters. The fourth-order valence-corrected chi connectivity index (χ4v) is 3.10. The highest BCUT2D eigenvalue weighted by molar-refractivity contribution is 5.47. The minimum Gasteiger partial charge on any atom is -0.369 e. The minimum absolute atomic E-state index is 0.640. The van der Waals surface area contributed by atoms with Crippen LogP contribution in [-0.4, -0.2) is 19.1 Å². The maximum Gasteiger partial charge on any atom is 0.0368 e. The van der Waals surface area contributed by atoms with E-state index in [1.54, 1.807) is 0 Å². The van der Waals surface area contributed by atoms with E-state index in [1.165, 1.54) is 31.4 Å². The molecule has 1 aliphatic carbocycles. The van der Waals surface area contributed by atoms with Crippen LogP contribution < -0.4 is 10.6 Å². The van der Waals surface area contributed by atoms with Gasteiger partial charge in [-0.25, -0.2) is 0 Å². The monoisotopic (exact) mass is 232 g/mol. The highest BCUT2D eigenvalue weighted by Gasteiger charge is 2.28. The fraction of sp³-hybridized carbons (Fsp3) is 0.600. The van der Waals surface area contributed by atoms with Gasteiger partial charge in [-0.15, -0.1) is 0 Å². The maximum atomic E-state index is 5.94. The zero-order valence-electron chi connectivity index (χ0n) is 10.8. The molecule has 2 rings (SSSR count). The molecule has 0 heterocycles. The highest BCUT2D eigenvalue weighted by Crippen LogP contribution is 2.30. The summed E-state index contributed by atoms with van der Waals surface area (Å²) < 4.78 is 0. The molecule has 2 N–H and O–H groups in total. The lowest BCUT2D eigenvalue weighted by Gasteiger charge is -2.40. The van der Waals surface area contributed by atoms with Crippen LogP contribution in [0.15, 0.2) is 30.3 Å². The van der Waals surface area contributed by atoms with Crippen molar-refractivity contribution in [3.63, 3.8) is 0 Å². The molecule has 0 aliphatic heterocycles. The van der Waals surface area contributed by atoms with E-state index in [4.69, 9.17) is 5.73 Å². The van der Waals surface area contributed by atoms with E-state index < -0.39 is 0 Å². The van der Waals surface area contributed by atoms with Crippen LogP contribution >= 0.6 is 0 Å². The van der Waals surface area contributed by atoms with Gasteiger partial charge >= 0.3 is 0 Å². The Bertz CT molecular complexity index is 323. The molecule has 0 bridgehead atoms. The fourth-order valence-electron chi connectivity index (χ4n) is 3.10. The second kappa shape index (κ2) is 6.06. The van der Waals surface area contributed by atoms with Crippen molar-refractivity contribution in [2.45, 2.75) is 38.6 Å². The van der Waals surface area contributed by atoms with Crippen molar-refractivity contribution in [2.24, 2.45) is 11.7 Å². The van der Waals surface area contributed by atoms with Crippen molar-refractivity contribution in [3.05, 3.63) is 30.3 Å². The van der Waals surface area contributed by atoms with Crippen LogP contribution in [0.1, 0.15) is 32.6 Å². The summed E-state index contributed by atoms with van der Waals surface area (Å²) >= 11 is 0. The van der Waals surface area contributed by atoms with E-state index in [-0.39, 0.29) is 0 Å². The van der Waals surface area contributed by atoms with Gasteiger partial charge in [0.1, 0.15) is 0 Å². The zero-order chi connectivity index (χ0) is 12.1. The molecule has 0 spiro atoms. The summed E-state index contributed by atoms with van der Waals surface area (Å²) in [6, 6.07) is 11.4. The summed E-state index contributed by atoms with van der Waals surface area (Å²) in [5, 5.41) is 0. The van der Waals surface area contributed by atoms with Gasteiger partial charge in [0.2, 0.25) is 0 Å². The number of benzene rings is 1. The molecule has 2 heteroatoms. The average molecular weight is 232 g/mol. The van der Waals surface area contributed by atoms with Gasteiger partial charge in [-0.2, -0.15) is 0 Å². The van der Waals surface area contributed by atoms with Gasteiger partial charge < -0.3 is 10.6 Å². The standard InChI is InChI=1S/C15H24N2/c1-2-17(14-9-4-3-5-10-14)15-11-7-6-8-13(15)12-16/h3-5,9-10,13,15H,2,6-8,11-12,16H2,1H3. The van der Waals surface area contributed by atoms with Crippen LogP contribution in [0.3, 0.4) is 0 Å². The summed E-state index contributed by atoms with van der Waals surface area (Å²) in [4.78, 5) is 2.54. The summed E-state index contributed by atoms with van der Waals surface area (Å²) in [6.07, 6.45) is 5.30. The van der Waals surface area contributed by atoms with Crippen LogP contribution in [0.2, 0.25) is 0 Å². The van der Waals surface area contributed by atoms with Crippen LogP contribution in [0.5, 0.6) is 0 Å². The zero-order valence-corrected chi connectivity index (χ0v) is 10.8. The van der Waals surface area contributed by atoms with Gasteiger partial charge in [0.15, 0.2) is 0 Å². The average Bonchev–Trinajstić information content (AvgIpc) is 2.41. The SMILES string of the molecule is CCN(c1ccccc1)C1CCCCC1CN. The Hall–Kier alpha value is -1.02. The molecule has 2 atom stereocenters. The van der Waals surface area contributed by atoms with Crippen molar-refractivity contribution in [1.29, 1.82) is 0 Å². The Morgan fingerprint density at radius 1 is 1.18 bits per heavy atom. The molecular formula is C15H24N2. The van der Waals surface area contributed by atoms with Gasteiger partial charge in [0.25, 0.3) is 0 Å². The Kier molecular flexibility index (Phi) is 4.43. The molecule has 0 radical (unpaired) electrons. The first-order valence-corrected chi connectivity index (χ1v) is 6.88. The number of rotatable bonds is 4. The van der Waals surface area contributed by atoms with E-state index in [9.17, 15) is 0 Å². The molecule has 0 amide bonds. The summed E-state index contributed by atoms with van der Waals surface area (Å²) in [7, 11) is 0. The summed E-state index contributed by atoms with van der Waals surface area (Å²) in [6.45, 7) is 4.15. The van der Waals surface area contributed by atoms with E-state index in [2.05, 4.69) is 42.2 Å². The lowest BCUT2D eigenvalue weighted by atomic mass is 9.83. The Labute approximate surface area is 105 Å². The third-order valence-corrected chi connectivity index (χ3v) is 4.00. The molecule has 1 saturated carbocycles. The van der Waals surface area contributed by atoms with Crippen LogP contribution in [0.25, 0.3) is 0 Å². The molecular weight excluding hydrogens is 208 g/mol. The lowest BCUT2D eigenvalue weighted by molar-refractivity contribution is 0.300. The van der Waals surface area contributed by atoms with E-state index in [0.29, 0.717) is 12.0 Å².